The van der Waals surface area contributed by atoms with Crippen molar-refractivity contribution in [2.75, 3.05) is 46.2 Å². The van der Waals surface area contributed by atoms with Gasteiger partial charge in [-0.15, -0.1) is 0 Å². The predicted octanol–water partition coefficient (Wildman–Crippen LogP) is 1.74. The van der Waals surface area contributed by atoms with Gasteiger partial charge in [0.1, 0.15) is 5.75 Å². The highest BCUT2D eigenvalue weighted by atomic mass is 32.2. The van der Waals surface area contributed by atoms with E-state index in [9.17, 15) is 13.2 Å². The van der Waals surface area contributed by atoms with Crippen LogP contribution in [0.15, 0.2) is 35.5 Å². The van der Waals surface area contributed by atoms with Gasteiger partial charge in [-0.25, -0.2) is 8.42 Å². The summed E-state index contributed by atoms with van der Waals surface area (Å²) in [6.07, 6.45) is 3.28. The quantitative estimate of drug-likeness (QED) is 0.625. The topological polar surface area (TPSA) is 96.8 Å². The van der Waals surface area contributed by atoms with Gasteiger partial charge in [-0.3, -0.25) is 9.48 Å². The van der Waals surface area contributed by atoms with Crippen molar-refractivity contribution in [3.05, 3.63) is 36.2 Å². The molecule has 0 aliphatic carbocycles. The molecular weight excluding hydrogens is 394 g/mol. The zero-order valence-electron chi connectivity index (χ0n) is 17.5. The molecule has 0 aliphatic rings. The van der Waals surface area contributed by atoms with Gasteiger partial charge in [0.2, 0.25) is 10.0 Å². The molecule has 0 radical (unpaired) electrons. The number of rotatable bonds is 10. The summed E-state index contributed by atoms with van der Waals surface area (Å²) in [4.78, 5) is 14.9. The molecule has 0 saturated carbocycles. The van der Waals surface area contributed by atoms with Gasteiger partial charge in [0.05, 0.1) is 36.0 Å². The Labute approximate surface area is 172 Å². The molecule has 0 atom stereocenters. The van der Waals surface area contributed by atoms with E-state index in [1.807, 2.05) is 19.0 Å². The Morgan fingerprint density at radius 2 is 1.93 bits per heavy atom. The average molecular weight is 424 g/mol. The summed E-state index contributed by atoms with van der Waals surface area (Å²) >= 11 is 0. The van der Waals surface area contributed by atoms with Crippen LogP contribution in [-0.4, -0.2) is 74.1 Å². The number of nitrogens with zero attached hydrogens (tertiary/aromatic N) is 4. The number of aromatic nitrogens is 2. The number of amides is 1. The van der Waals surface area contributed by atoms with Gasteiger partial charge in [0.25, 0.3) is 5.91 Å². The number of likely N-dealkylation sites (N-methyl/N-ethyl adjacent to an activating group) is 1. The van der Waals surface area contributed by atoms with Crippen LogP contribution in [0.5, 0.6) is 5.75 Å². The van der Waals surface area contributed by atoms with Crippen molar-refractivity contribution in [3.8, 4) is 5.75 Å². The van der Waals surface area contributed by atoms with Gasteiger partial charge < -0.3 is 15.0 Å². The molecule has 2 aromatic rings. The van der Waals surface area contributed by atoms with E-state index < -0.39 is 15.9 Å². The molecule has 1 amide bonds. The molecule has 0 bridgehead atoms. The molecule has 0 spiro atoms. The zero-order chi connectivity index (χ0) is 21.6. The second kappa shape index (κ2) is 9.86. The van der Waals surface area contributed by atoms with Crippen molar-refractivity contribution in [3.63, 3.8) is 0 Å². The van der Waals surface area contributed by atoms with Gasteiger partial charge >= 0.3 is 0 Å². The first-order chi connectivity index (χ1) is 13.7. The number of methoxy groups -OCH3 is 1. The minimum Gasteiger partial charge on any atom is -0.496 e. The highest BCUT2D eigenvalue weighted by molar-refractivity contribution is 7.89. The normalized spacial score (nSPS) is 11.8. The van der Waals surface area contributed by atoms with Crippen LogP contribution in [-0.2, 0) is 16.6 Å². The van der Waals surface area contributed by atoms with Crippen molar-refractivity contribution in [1.29, 1.82) is 0 Å². The molecule has 0 unspecified atom stereocenters. The first kappa shape index (κ1) is 22.9. The van der Waals surface area contributed by atoms with Gasteiger partial charge in [0, 0.05) is 25.8 Å². The van der Waals surface area contributed by atoms with E-state index in [1.165, 1.54) is 29.6 Å². The molecule has 1 N–H and O–H groups in total. The smallest absolute Gasteiger partial charge is 0.259 e. The zero-order valence-corrected chi connectivity index (χ0v) is 18.4. The number of carbonyl (C=O) groups excluding carboxylic acids is 1. The fourth-order valence-electron chi connectivity index (χ4n) is 2.79. The predicted molar refractivity (Wildman–Crippen MR) is 112 cm³/mol. The maximum absolute atomic E-state index is 12.8. The lowest BCUT2D eigenvalue weighted by molar-refractivity contribution is 0.102. The van der Waals surface area contributed by atoms with Crippen LogP contribution in [0.1, 0.15) is 24.2 Å². The van der Waals surface area contributed by atoms with Crippen LogP contribution < -0.4 is 10.1 Å². The Balaban J connectivity index is 2.27. The molecule has 1 aromatic carbocycles. The van der Waals surface area contributed by atoms with E-state index in [-0.39, 0.29) is 10.5 Å². The summed E-state index contributed by atoms with van der Waals surface area (Å²) in [6, 6.07) is 4.28. The maximum atomic E-state index is 12.8. The van der Waals surface area contributed by atoms with Crippen LogP contribution in [0.4, 0.5) is 5.69 Å². The maximum Gasteiger partial charge on any atom is 0.259 e. The fourth-order valence-corrected chi connectivity index (χ4v) is 4.27. The molecule has 10 heteroatoms. The van der Waals surface area contributed by atoms with Crippen LogP contribution >= 0.6 is 0 Å². The first-order valence-corrected chi connectivity index (χ1v) is 10.8. The van der Waals surface area contributed by atoms with Crippen molar-refractivity contribution in [1.82, 2.24) is 19.0 Å². The van der Waals surface area contributed by atoms with E-state index in [2.05, 4.69) is 10.4 Å². The SMILES string of the molecule is CCN(CC)S(=O)(=O)c1ccc(OC)c(C(=O)Nc2cnn(CCN(C)C)c2)c1. The number of anilines is 1. The second-order valence-corrected chi connectivity index (χ2v) is 8.64. The summed E-state index contributed by atoms with van der Waals surface area (Å²) in [5, 5.41) is 6.97. The van der Waals surface area contributed by atoms with Crippen molar-refractivity contribution in [2.24, 2.45) is 0 Å². The van der Waals surface area contributed by atoms with E-state index in [0.29, 0.717) is 31.1 Å². The molecule has 9 nitrogen and oxygen atoms in total. The lowest BCUT2D eigenvalue weighted by Crippen LogP contribution is -2.30. The number of ether oxygens (including phenoxy) is 1. The number of nitrogens with one attached hydrogen (secondary N) is 1. The number of hydrogen-bond acceptors (Lipinski definition) is 6. The average Bonchev–Trinajstić information content (AvgIpc) is 3.13. The minimum absolute atomic E-state index is 0.0498. The van der Waals surface area contributed by atoms with Crippen LogP contribution in [0.2, 0.25) is 0 Å². The third kappa shape index (κ3) is 5.55. The number of sulfonamides is 1. The summed E-state index contributed by atoms with van der Waals surface area (Å²) in [6.45, 7) is 5.73. The van der Waals surface area contributed by atoms with Crippen molar-refractivity contribution < 1.29 is 17.9 Å². The Morgan fingerprint density at radius 3 is 2.52 bits per heavy atom. The number of carbonyl (C=O) groups is 1. The highest BCUT2D eigenvalue weighted by Crippen LogP contribution is 2.25. The fraction of sp³-hybridized carbons (Fsp3) is 0.474. The van der Waals surface area contributed by atoms with E-state index in [4.69, 9.17) is 4.74 Å². The van der Waals surface area contributed by atoms with Crippen molar-refractivity contribution in [2.45, 2.75) is 25.3 Å². The molecule has 29 heavy (non-hydrogen) atoms. The monoisotopic (exact) mass is 423 g/mol. The number of benzene rings is 1. The summed E-state index contributed by atoms with van der Waals surface area (Å²) in [5.74, 6) is -0.174. The van der Waals surface area contributed by atoms with Gasteiger partial charge in [-0.05, 0) is 32.3 Å². The summed E-state index contributed by atoms with van der Waals surface area (Å²) < 4.78 is 33.9. The number of hydrogen-bond donors (Lipinski definition) is 1. The van der Waals surface area contributed by atoms with Crippen LogP contribution in [0, 0.1) is 0 Å². The lowest BCUT2D eigenvalue weighted by atomic mass is 10.2. The molecule has 1 aromatic heterocycles. The molecule has 1 heterocycles. The third-order valence-electron chi connectivity index (χ3n) is 4.43. The Bertz CT molecular complexity index is 936. The molecule has 0 fully saturated rings. The molecule has 160 valence electrons. The minimum atomic E-state index is -3.69. The van der Waals surface area contributed by atoms with E-state index >= 15 is 0 Å². The Hall–Kier alpha value is -2.43. The van der Waals surface area contributed by atoms with Crippen LogP contribution in [0.25, 0.3) is 0 Å². The highest BCUT2D eigenvalue weighted by Gasteiger charge is 2.24. The third-order valence-corrected chi connectivity index (χ3v) is 6.47. The molecule has 0 saturated heterocycles. The standard InChI is InChI=1S/C19H29N5O4S/c1-6-24(7-2)29(26,27)16-8-9-18(28-5)17(12-16)19(25)21-15-13-20-23(14-15)11-10-22(3)4/h8-9,12-14H,6-7,10-11H2,1-5H3,(H,21,25). The van der Waals surface area contributed by atoms with E-state index in [1.54, 1.807) is 30.9 Å². The van der Waals surface area contributed by atoms with Crippen LogP contribution in [0.3, 0.4) is 0 Å². The summed E-state index contributed by atoms with van der Waals surface area (Å²) in [7, 11) is 1.68. The van der Waals surface area contributed by atoms with Gasteiger partial charge in [-0.2, -0.15) is 9.40 Å². The second-order valence-electron chi connectivity index (χ2n) is 6.70. The largest absolute Gasteiger partial charge is 0.496 e. The Morgan fingerprint density at radius 1 is 1.24 bits per heavy atom. The first-order valence-electron chi connectivity index (χ1n) is 9.39. The molecule has 2 rings (SSSR count). The lowest BCUT2D eigenvalue weighted by Gasteiger charge is -2.19. The molecular formula is C19H29N5O4S. The molecule has 0 aliphatic heterocycles. The summed E-state index contributed by atoms with van der Waals surface area (Å²) in [5.41, 5.74) is 0.662. The van der Waals surface area contributed by atoms with Crippen molar-refractivity contribution >= 4 is 21.6 Å². The Kier molecular flexibility index (Phi) is 7.77. The van der Waals surface area contributed by atoms with E-state index in [0.717, 1.165) is 6.54 Å². The van der Waals surface area contributed by atoms with Gasteiger partial charge in [0.15, 0.2) is 0 Å². The van der Waals surface area contributed by atoms with Gasteiger partial charge in [-0.1, -0.05) is 13.8 Å².